The molecule has 1 heterocycles. The number of pyridine rings is 1. The van der Waals surface area contributed by atoms with Crippen LogP contribution >= 0.6 is 11.6 Å². The van der Waals surface area contributed by atoms with Gasteiger partial charge >= 0.3 is 0 Å². The minimum atomic E-state index is -0.505. The van der Waals surface area contributed by atoms with Gasteiger partial charge in [-0.1, -0.05) is 11.6 Å². The number of hydrogen-bond donors (Lipinski definition) is 3. The normalized spacial score (nSPS) is 39.0. The van der Waals surface area contributed by atoms with Crippen molar-refractivity contribution in [3.63, 3.8) is 0 Å². The van der Waals surface area contributed by atoms with E-state index in [-0.39, 0.29) is 6.04 Å². The Kier molecular flexibility index (Phi) is 3.13. The van der Waals surface area contributed by atoms with Crippen LogP contribution in [0.2, 0.25) is 5.15 Å². The number of hydrogen-bond acceptors (Lipinski definition) is 4. The largest absolute Gasteiger partial charge is 0.390 e. The summed E-state index contributed by atoms with van der Waals surface area (Å²) in [4.78, 5) is 15.5. The summed E-state index contributed by atoms with van der Waals surface area (Å²) in [6, 6.07) is 1.94. The molecule has 1 aromatic rings. The van der Waals surface area contributed by atoms with Gasteiger partial charge in [-0.15, -0.1) is 0 Å². The van der Waals surface area contributed by atoms with Gasteiger partial charge < -0.3 is 16.2 Å². The number of nitrogens with zero attached hydrogens (tertiary/aromatic N) is 1. The van der Waals surface area contributed by atoms with Crippen LogP contribution in [-0.4, -0.2) is 27.6 Å². The van der Waals surface area contributed by atoms with Crippen molar-refractivity contribution < 1.29 is 9.90 Å². The number of nitrogens with two attached hydrogens (primary N) is 1. The number of carbonyl (C=O) groups is 1. The van der Waals surface area contributed by atoms with Gasteiger partial charge in [0, 0.05) is 12.2 Å². The molecule has 0 spiro atoms. The maximum Gasteiger partial charge on any atom is 0.252 e. The van der Waals surface area contributed by atoms with Crippen molar-refractivity contribution in [2.24, 2.45) is 23.5 Å². The van der Waals surface area contributed by atoms with E-state index in [1.165, 1.54) is 6.20 Å². The van der Waals surface area contributed by atoms with Crippen molar-refractivity contribution in [1.82, 2.24) is 4.98 Å². The molecule has 118 valence electrons. The van der Waals surface area contributed by atoms with E-state index >= 15 is 0 Å². The summed E-state index contributed by atoms with van der Waals surface area (Å²) in [5.74, 6) is 1.04. The average molecular weight is 322 g/mol. The van der Waals surface area contributed by atoms with Crippen LogP contribution in [0.5, 0.6) is 0 Å². The summed E-state index contributed by atoms with van der Waals surface area (Å²) < 4.78 is 0. The van der Waals surface area contributed by atoms with Gasteiger partial charge in [-0.3, -0.25) is 4.79 Å². The fourth-order valence-corrected chi connectivity index (χ4v) is 5.30. The first-order valence-corrected chi connectivity index (χ1v) is 8.25. The molecule has 0 saturated heterocycles. The third-order valence-corrected chi connectivity index (χ3v) is 5.91. The highest BCUT2D eigenvalue weighted by Crippen LogP contribution is 2.56. The Bertz CT molecular complexity index is 620. The van der Waals surface area contributed by atoms with Gasteiger partial charge in [-0.05, 0) is 55.9 Å². The van der Waals surface area contributed by atoms with Crippen LogP contribution in [0.4, 0.5) is 5.69 Å². The Balaban J connectivity index is 1.62. The number of rotatable bonds is 3. The average Bonchev–Trinajstić information content (AvgIpc) is 2.40. The molecule has 1 aromatic heterocycles. The molecule has 4 bridgehead atoms. The van der Waals surface area contributed by atoms with E-state index in [9.17, 15) is 9.90 Å². The fraction of sp³-hybridized carbons (Fsp3) is 0.625. The van der Waals surface area contributed by atoms with E-state index in [1.807, 2.05) is 0 Å². The summed E-state index contributed by atoms with van der Waals surface area (Å²) >= 11 is 5.97. The molecule has 22 heavy (non-hydrogen) atoms. The van der Waals surface area contributed by atoms with E-state index in [4.69, 9.17) is 17.3 Å². The Hall–Kier alpha value is -1.33. The van der Waals surface area contributed by atoms with Gasteiger partial charge in [0.1, 0.15) is 5.15 Å². The van der Waals surface area contributed by atoms with Gasteiger partial charge in [0.2, 0.25) is 0 Å². The molecule has 0 aromatic carbocycles. The second-order valence-electron chi connectivity index (χ2n) is 7.28. The van der Waals surface area contributed by atoms with E-state index in [0.29, 0.717) is 34.2 Å². The molecular formula is C16H20ClN3O2. The van der Waals surface area contributed by atoms with Crippen molar-refractivity contribution >= 4 is 23.2 Å². The number of nitrogens with one attached hydrogen (secondary N) is 1. The third kappa shape index (κ3) is 2.27. The van der Waals surface area contributed by atoms with E-state index in [2.05, 4.69) is 10.3 Å². The molecule has 4 N–H and O–H groups in total. The number of amides is 1. The molecule has 0 radical (unpaired) electrons. The molecular weight excluding hydrogens is 302 g/mol. The Labute approximate surface area is 134 Å². The molecule has 4 aliphatic rings. The number of primary amides is 1. The highest BCUT2D eigenvalue weighted by atomic mass is 35.5. The van der Waals surface area contributed by atoms with Crippen LogP contribution < -0.4 is 11.1 Å². The maximum atomic E-state index is 11.6. The Morgan fingerprint density at radius 2 is 2.05 bits per heavy atom. The first-order valence-electron chi connectivity index (χ1n) is 7.88. The lowest BCUT2D eigenvalue weighted by Crippen LogP contribution is -2.59. The van der Waals surface area contributed by atoms with Crippen LogP contribution in [0, 0.1) is 17.8 Å². The highest BCUT2D eigenvalue weighted by Gasteiger charge is 2.54. The SMILES string of the molecule is NC(=O)c1cnc(Cl)cc1N[C@H]1[C@@H]2CC3C[C@H]1C[C@@](O)(C3)C2. The molecule has 4 fully saturated rings. The standard InChI is InChI=1S/C16H20ClN3O2/c17-13-3-12(11(7-19-13)15(18)21)20-14-9-1-8-2-10(14)6-16(22,4-8)5-9/h3,7-10,14,22H,1-2,4-6H2,(H2,18,21)(H,19,20)/t8?,9-,10+,14+,16-. The summed E-state index contributed by atoms with van der Waals surface area (Å²) in [6.07, 6.45) is 6.39. The zero-order chi connectivity index (χ0) is 15.5. The van der Waals surface area contributed by atoms with Gasteiger partial charge in [0.25, 0.3) is 5.91 Å². The van der Waals surface area contributed by atoms with Crippen molar-refractivity contribution in [3.05, 3.63) is 23.0 Å². The fourth-order valence-electron chi connectivity index (χ4n) is 5.14. The van der Waals surface area contributed by atoms with Crippen molar-refractivity contribution in [1.29, 1.82) is 0 Å². The van der Waals surface area contributed by atoms with Crippen molar-refractivity contribution in [2.75, 3.05) is 5.32 Å². The van der Waals surface area contributed by atoms with E-state index in [1.54, 1.807) is 6.07 Å². The summed E-state index contributed by atoms with van der Waals surface area (Å²) in [5, 5.41) is 14.5. The number of aromatic nitrogens is 1. The number of halogens is 1. The highest BCUT2D eigenvalue weighted by molar-refractivity contribution is 6.29. The summed E-state index contributed by atoms with van der Waals surface area (Å²) in [6.45, 7) is 0. The van der Waals surface area contributed by atoms with Gasteiger partial charge in [0.15, 0.2) is 0 Å². The zero-order valence-electron chi connectivity index (χ0n) is 12.3. The predicted octanol–water partition coefficient (Wildman–Crippen LogP) is 2.19. The molecule has 1 amide bonds. The minimum absolute atomic E-state index is 0.272. The third-order valence-electron chi connectivity index (χ3n) is 5.70. The Morgan fingerprint density at radius 1 is 1.36 bits per heavy atom. The maximum absolute atomic E-state index is 11.6. The van der Waals surface area contributed by atoms with E-state index in [0.717, 1.165) is 32.1 Å². The number of carbonyl (C=O) groups excluding carboxylic acids is 1. The monoisotopic (exact) mass is 321 g/mol. The molecule has 4 aliphatic carbocycles. The van der Waals surface area contributed by atoms with Crippen molar-refractivity contribution in [3.8, 4) is 0 Å². The molecule has 5 atom stereocenters. The lowest BCUT2D eigenvalue weighted by atomic mass is 9.52. The topological polar surface area (TPSA) is 88.2 Å². The number of anilines is 1. The van der Waals surface area contributed by atoms with Crippen LogP contribution in [0.3, 0.4) is 0 Å². The Morgan fingerprint density at radius 3 is 2.64 bits per heavy atom. The molecule has 6 heteroatoms. The summed E-state index contributed by atoms with van der Waals surface area (Å²) in [5.41, 5.74) is 6.01. The van der Waals surface area contributed by atoms with Crippen LogP contribution in [0.1, 0.15) is 42.5 Å². The second kappa shape index (κ2) is 4.83. The lowest BCUT2D eigenvalue weighted by Gasteiger charge is -2.58. The predicted molar refractivity (Wildman–Crippen MR) is 83.7 cm³/mol. The van der Waals surface area contributed by atoms with Crippen molar-refractivity contribution in [2.45, 2.75) is 43.7 Å². The molecule has 5 nitrogen and oxygen atoms in total. The van der Waals surface area contributed by atoms with Gasteiger partial charge in [-0.2, -0.15) is 0 Å². The molecule has 0 aliphatic heterocycles. The molecule has 1 unspecified atom stereocenters. The summed E-state index contributed by atoms with van der Waals surface area (Å²) in [7, 11) is 0. The van der Waals surface area contributed by atoms with Gasteiger partial charge in [-0.25, -0.2) is 4.98 Å². The number of aliphatic hydroxyl groups is 1. The first-order chi connectivity index (χ1) is 10.4. The quantitative estimate of drug-likeness (QED) is 0.745. The first kappa shape index (κ1) is 14.3. The second-order valence-corrected chi connectivity index (χ2v) is 7.67. The van der Waals surface area contributed by atoms with Crippen LogP contribution in [0.15, 0.2) is 12.3 Å². The van der Waals surface area contributed by atoms with Crippen LogP contribution in [-0.2, 0) is 0 Å². The van der Waals surface area contributed by atoms with E-state index < -0.39 is 11.5 Å². The molecule has 5 rings (SSSR count). The smallest absolute Gasteiger partial charge is 0.252 e. The molecule has 4 saturated carbocycles. The zero-order valence-corrected chi connectivity index (χ0v) is 13.0. The van der Waals surface area contributed by atoms with Crippen LogP contribution in [0.25, 0.3) is 0 Å². The minimum Gasteiger partial charge on any atom is -0.390 e. The lowest BCUT2D eigenvalue weighted by molar-refractivity contribution is -0.129. The van der Waals surface area contributed by atoms with Gasteiger partial charge in [0.05, 0.1) is 16.9 Å².